The number of nitrogens with zero attached hydrogens (tertiary/aromatic N) is 1. The summed E-state index contributed by atoms with van der Waals surface area (Å²) in [7, 11) is 0. The molecular weight excluding hydrogens is 387 g/mol. The van der Waals surface area contributed by atoms with Crippen molar-refractivity contribution in [1.29, 1.82) is 0 Å². The topological polar surface area (TPSA) is 58.6 Å². The van der Waals surface area contributed by atoms with Crippen molar-refractivity contribution in [3.05, 3.63) is 52.0 Å². The van der Waals surface area contributed by atoms with Gasteiger partial charge in [-0.1, -0.05) is 43.0 Å². The first-order valence-electron chi connectivity index (χ1n) is 8.83. The number of benzene rings is 2. The monoisotopic (exact) mass is 406 g/mol. The number of halogens is 2. The van der Waals surface area contributed by atoms with Gasteiger partial charge in [-0.05, 0) is 42.8 Å². The minimum Gasteiger partial charge on any atom is -0.482 e. The van der Waals surface area contributed by atoms with E-state index < -0.39 is 0 Å². The Bertz CT molecular complexity index is 870. The van der Waals surface area contributed by atoms with Crippen molar-refractivity contribution in [1.82, 2.24) is 0 Å². The van der Waals surface area contributed by atoms with E-state index in [0.717, 1.165) is 19.3 Å². The maximum atomic E-state index is 12.5. The van der Waals surface area contributed by atoms with E-state index in [1.165, 1.54) is 6.07 Å². The summed E-state index contributed by atoms with van der Waals surface area (Å²) in [5.41, 5.74) is 1.65. The Morgan fingerprint density at radius 1 is 1.15 bits per heavy atom. The zero-order chi connectivity index (χ0) is 19.4. The number of amides is 2. The van der Waals surface area contributed by atoms with Crippen LogP contribution < -0.4 is 15.0 Å². The summed E-state index contributed by atoms with van der Waals surface area (Å²) in [6.07, 6.45) is 3.04. The number of rotatable bonds is 6. The first-order chi connectivity index (χ1) is 13.0. The molecule has 2 amide bonds. The number of nitrogens with one attached hydrogen (secondary N) is 1. The second kappa shape index (κ2) is 8.63. The molecule has 2 aromatic rings. The van der Waals surface area contributed by atoms with Gasteiger partial charge in [0.05, 0.1) is 15.7 Å². The summed E-state index contributed by atoms with van der Waals surface area (Å²) in [5.74, 6) is 0.249. The predicted molar refractivity (Wildman–Crippen MR) is 108 cm³/mol. The molecule has 0 aromatic heterocycles. The van der Waals surface area contributed by atoms with Gasteiger partial charge in [0.2, 0.25) is 0 Å². The predicted octanol–water partition coefficient (Wildman–Crippen LogP) is 5.16. The Kier molecular flexibility index (Phi) is 6.24. The maximum Gasteiger partial charge on any atom is 0.265 e. The second-order valence-corrected chi connectivity index (χ2v) is 7.12. The number of hydrogen-bond donors (Lipinski definition) is 1. The van der Waals surface area contributed by atoms with Crippen molar-refractivity contribution in [2.24, 2.45) is 0 Å². The molecule has 0 spiro atoms. The van der Waals surface area contributed by atoms with Gasteiger partial charge in [-0.25, -0.2) is 0 Å². The van der Waals surface area contributed by atoms with Crippen LogP contribution >= 0.6 is 23.2 Å². The minimum absolute atomic E-state index is 0.0358. The third-order valence-electron chi connectivity index (χ3n) is 4.33. The second-order valence-electron chi connectivity index (χ2n) is 6.31. The maximum absolute atomic E-state index is 12.5. The van der Waals surface area contributed by atoms with Crippen LogP contribution in [0.2, 0.25) is 10.0 Å². The fraction of sp³-hybridized carbons (Fsp3) is 0.300. The normalized spacial score (nSPS) is 13.1. The van der Waals surface area contributed by atoms with E-state index in [4.69, 9.17) is 27.9 Å². The molecule has 0 saturated carbocycles. The number of ether oxygens (including phenoxy) is 1. The average molecular weight is 407 g/mol. The van der Waals surface area contributed by atoms with Gasteiger partial charge in [-0.2, -0.15) is 0 Å². The lowest BCUT2D eigenvalue weighted by Gasteiger charge is -2.30. The van der Waals surface area contributed by atoms with Crippen molar-refractivity contribution >= 4 is 46.4 Å². The van der Waals surface area contributed by atoms with Crippen LogP contribution in [0.1, 0.15) is 36.5 Å². The molecule has 3 rings (SSSR count). The molecule has 0 aliphatic carbocycles. The summed E-state index contributed by atoms with van der Waals surface area (Å²) in [4.78, 5) is 26.5. The van der Waals surface area contributed by atoms with Crippen LogP contribution in [0.25, 0.3) is 0 Å². The van der Waals surface area contributed by atoms with Gasteiger partial charge < -0.3 is 15.0 Å². The van der Waals surface area contributed by atoms with Gasteiger partial charge in [0.1, 0.15) is 5.75 Å². The molecular formula is C20H20Cl2N2O3. The van der Waals surface area contributed by atoms with E-state index in [-0.39, 0.29) is 18.4 Å². The Balaban J connectivity index is 1.80. The zero-order valence-electron chi connectivity index (χ0n) is 14.9. The van der Waals surface area contributed by atoms with Crippen LogP contribution in [0.5, 0.6) is 5.75 Å². The van der Waals surface area contributed by atoms with Gasteiger partial charge in [0.25, 0.3) is 11.8 Å². The number of anilines is 2. The molecule has 27 heavy (non-hydrogen) atoms. The SMILES string of the molecule is CCCCCN1C(=O)COc2ccc(NC(=O)c3ccc(Cl)c(Cl)c3)cc21. The Hall–Kier alpha value is -2.24. The highest BCUT2D eigenvalue weighted by Gasteiger charge is 2.25. The Morgan fingerprint density at radius 3 is 2.70 bits per heavy atom. The zero-order valence-corrected chi connectivity index (χ0v) is 16.4. The fourth-order valence-corrected chi connectivity index (χ4v) is 3.18. The molecule has 0 fully saturated rings. The van der Waals surface area contributed by atoms with Crippen LogP contribution in [0.4, 0.5) is 11.4 Å². The molecule has 1 aliphatic rings. The molecule has 1 heterocycles. The van der Waals surface area contributed by atoms with Crippen LogP contribution in [0, 0.1) is 0 Å². The van der Waals surface area contributed by atoms with Crippen LogP contribution in [0.3, 0.4) is 0 Å². The third-order valence-corrected chi connectivity index (χ3v) is 5.07. The molecule has 142 valence electrons. The third kappa shape index (κ3) is 4.54. The van der Waals surface area contributed by atoms with Crippen molar-refractivity contribution in [2.45, 2.75) is 26.2 Å². The molecule has 0 bridgehead atoms. The van der Waals surface area contributed by atoms with Crippen LogP contribution in [-0.4, -0.2) is 25.0 Å². The van der Waals surface area contributed by atoms with Crippen LogP contribution in [-0.2, 0) is 4.79 Å². The summed E-state index contributed by atoms with van der Waals surface area (Å²) in [6.45, 7) is 2.78. The number of carbonyl (C=O) groups is 2. The summed E-state index contributed by atoms with van der Waals surface area (Å²) in [5, 5.41) is 3.53. The highest BCUT2D eigenvalue weighted by Crippen LogP contribution is 2.35. The van der Waals surface area contributed by atoms with Gasteiger partial charge in [-0.3, -0.25) is 9.59 Å². The Labute approximate surface area is 168 Å². The Morgan fingerprint density at radius 2 is 1.96 bits per heavy atom. The number of hydrogen-bond acceptors (Lipinski definition) is 3. The van der Waals surface area contributed by atoms with Crippen molar-refractivity contribution in [2.75, 3.05) is 23.4 Å². The van der Waals surface area contributed by atoms with E-state index in [0.29, 0.717) is 39.3 Å². The van der Waals surface area contributed by atoms with E-state index >= 15 is 0 Å². The molecule has 5 nitrogen and oxygen atoms in total. The summed E-state index contributed by atoms with van der Waals surface area (Å²) < 4.78 is 5.51. The lowest BCUT2D eigenvalue weighted by atomic mass is 10.1. The van der Waals surface area contributed by atoms with E-state index in [9.17, 15) is 9.59 Å². The lowest BCUT2D eigenvalue weighted by Crippen LogP contribution is -2.39. The molecule has 1 N–H and O–H groups in total. The quantitative estimate of drug-likeness (QED) is 0.673. The molecule has 2 aromatic carbocycles. The van der Waals surface area contributed by atoms with Gasteiger partial charge in [0.15, 0.2) is 6.61 Å². The molecule has 1 aliphatic heterocycles. The standard InChI is InChI=1S/C20H20Cl2N2O3/c1-2-3-4-9-24-17-11-14(6-8-18(17)27-12-19(24)25)23-20(26)13-5-7-15(21)16(22)10-13/h5-8,10-11H,2-4,9,12H2,1H3,(H,23,26). The van der Waals surface area contributed by atoms with Gasteiger partial charge in [0, 0.05) is 17.8 Å². The molecule has 0 radical (unpaired) electrons. The smallest absolute Gasteiger partial charge is 0.265 e. The highest BCUT2D eigenvalue weighted by atomic mass is 35.5. The molecule has 7 heteroatoms. The number of fused-ring (bicyclic) bond motifs is 1. The highest BCUT2D eigenvalue weighted by molar-refractivity contribution is 6.42. The number of carbonyl (C=O) groups excluding carboxylic acids is 2. The van der Waals surface area contributed by atoms with E-state index in [1.54, 1.807) is 35.2 Å². The van der Waals surface area contributed by atoms with Crippen molar-refractivity contribution in [3.8, 4) is 5.75 Å². The average Bonchev–Trinajstić information content (AvgIpc) is 2.66. The van der Waals surface area contributed by atoms with E-state index in [1.807, 2.05) is 0 Å². The van der Waals surface area contributed by atoms with Crippen LogP contribution in [0.15, 0.2) is 36.4 Å². The molecule has 0 unspecified atom stereocenters. The summed E-state index contributed by atoms with van der Waals surface area (Å²) >= 11 is 11.9. The number of unbranched alkanes of at least 4 members (excludes halogenated alkanes) is 2. The van der Waals surface area contributed by atoms with Crippen molar-refractivity contribution in [3.63, 3.8) is 0 Å². The minimum atomic E-state index is -0.311. The molecule has 0 atom stereocenters. The lowest BCUT2D eigenvalue weighted by molar-refractivity contribution is -0.121. The molecule has 0 saturated heterocycles. The first-order valence-corrected chi connectivity index (χ1v) is 9.59. The van der Waals surface area contributed by atoms with Crippen molar-refractivity contribution < 1.29 is 14.3 Å². The fourth-order valence-electron chi connectivity index (χ4n) is 2.89. The van der Waals surface area contributed by atoms with Gasteiger partial charge in [-0.15, -0.1) is 0 Å². The van der Waals surface area contributed by atoms with Gasteiger partial charge >= 0.3 is 0 Å². The first kappa shape index (κ1) is 19.5. The largest absolute Gasteiger partial charge is 0.482 e. The summed E-state index contributed by atoms with van der Waals surface area (Å²) in [6, 6.07) is 9.96. The van der Waals surface area contributed by atoms with E-state index in [2.05, 4.69) is 12.2 Å².